The van der Waals surface area contributed by atoms with Gasteiger partial charge in [-0.05, 0) is 48.5 Å². The zero-order valence-electron chi connectivity index (χ0n) is 21.8. The van der Waals surface area contributed by atoms with Crippen LogP contribution in [0.25, 0.3) is 0 Å². The first-order valence-corrected chi connectivity index (χ1v) is 15.9. The summed E-state index contributed by atoms with van der Waals surface area (Å²) in [7, 11) is -2.06. The summed E-state index contributed by atoms with van der Waals surface area (Å²) in [6.45, 7) is 16.9. The lowest BCUT2D eigenvalue weighted by molar-refractivity contribution is -0.384. The summed E-state index contributed by atoms with van der Waals surface area (Å²) >= 11 is 1.57. The number of nitro groups is 1. The Labute approximate surface area is 212 Å². The molecule has 4 atom stereocenters. The van der Waals surface area contributed by atoms with E-state index in [1.54, 1.807) is 28.8 Å². The van der Waals surface area contributed by atoms with E-state index in [9.17, 15) is 19.7 Å². The normalized spacial score (nSPS) is 23.1. The number of fused-ring (bicyclic) bond motifs is 1. The van der Waals surface area contributed by atoms with E-state index in [1.807, 2.05) is 13.8 Å². The van der Waals surface area contributed by atoms with Crippen molar-refractivity contribution in [3.8, 4) is 0 Å². The lowest BCUT2D eigenvalue weighted by Crippen LogP contribution is -2.65. The zero-order valence-corrected chi connectivity index (χ0v) is 23.6. The Morgan fingerprint density at radius 2 is 1.86 bits per heavy atom. The second kappa shape index (κ2) is 10.1. The maximum atomic E-state index is 13.4. The molecule has 0 aliphatic carbocycles. The van der Waals surface area contributed by atoms with Crippen LogP contribution in [0, 0.1) is 22.0 Å². The highest BCUT2D eigenvalue weighted by molar-refractivity contribution is 8.03. The highest BCUT2D eigenvalue weighted by atomic mass is 32.2. The van der Waals surface area contributed by atoms with Crippen LogP contribution in [0.3, 0.4) is 0 Å². The maximum absolute atomic E-state index is 13.4. The Morgan fingerprint density at radius 3 is 2.37 bits per heavy atom. The molecule has 0 unspecified atom stereocenters. The number of hydrogen-bond acceptors (Lipinski definition) is 7. The van der Waals surface area contributed by atoms with Crippen LogP contribution in [0.15, 0.2) is 34.9 Å². The monoisotopic (exact) mass is 520 g/mol. The molecule has 2 heterocycles. The van der Waals surface area contributed by atoms with Crippen LogP contribution in [0.4, 0.5) is 5.69 Å². The van der Waals surface area contributed by atoms with Gasteiger partial charge < -0.3 is 14.1 Å². The quantitative estimate of drug-likeness (QED) is 0.140. The standard InChI is InChI=1S/C25H36N2O6SSi/c1-9-34-22-15(2)20-19(16(3)33-35(7,8)25(4,5)6)23(28)26(20)21(22)24(29)32-14-17-10-12-18(13-11-17)27(30)31/h10-13,15-16,19-20H,9,14H2,1-8H3/t15-,16-,19-,20-/m1/s1. The molecule has 0 radical (unpaired) electrons. The van der Waals surface area contributed by atoms with Gasteiger partial charge >= 0.3 is 5.97 Å². The molecule has 1 amide bonds. The number of amides is 1. The Morgan fingerprint density at radius 1 is 1.26 bits per heavy atom. The average molecular weight is 521 g/mol. The molecule has 10 heteroatoms. The summed E-state index contributed by atoms with van der Waals surface area (Å²) in [5.41, 5.74) is 0.946. The fourth-order valence-electron chi connectivity index (χ4n) is 4.49. The minimum atomic E-state index is -2.06. The number of hydrogen-bond donors (Lipinski definition) is 0. The van der Waals surface area contributed by atoms with Gasteiger partial charge in [0.05, 0.1) is 23.0 Å². The first kappa shape index (κ1) is 27.4. The smallest absolute Gasteiger partial charge is 0.356 e. The Bertz CT molecular complexity index is 1030. The molecule has 1 saturated heterocycles. The summed E-state index contributed by atoms with van der Waals surface area (Å²) in [5, 5.41) is 10.9. The van der Waals surface area contributed by atoms with E-state index in [0.29, 0.717) is 11.3 Å². The van der Waals surface area contributed by atoms with Crippen LogP contribution < -0.4 is 0 Å². The van der Waals surface area contributed by atoms with E-state index in [-0.39, 0.29) is 47.2 Å². The third-order valence-electron chi connectivity index (χ3n) is 7.39. The molecule has 35 heavy (non-hydrogen) atoms. The van der Waals surface area contributed by atoms with E-state index in [0.717, 1.165) is 10.7 Å². The third kappa shape index (κ3) is 5.19. The maximum Gasteiger partial charge on any atom is 0.356 e. The fourth-order valence-corrected chi connectivity index (χ4v) is 6.96. The van der Waals surface area contributed by atoms with Crippen LogP contribution in [-0.4, -0.2) is 47.9 Å². The number of esters is 1. The van der Waals surface area contributed by atoms with Crippen molar-refractivity contribution >= 4 is 37.6 Å². The first-order valence-electron chi connectivity index (χ1n) is 12.0. The topological polar surface area (TPSA) is 99.0 Å². The van der Waals surface area contributed by atoms with Gasteiger partial charge in [0.2, 0.25) is 5.91 Å². The summed E-state index contributed by atoms with van der Waals surface area (Å²) in [6.07, 6.45) is -0.240. The van der Waals surface area contributed by atoms with Crippen LogP contribution in [0.1, 0.15) is 47.1 Å². The number of carbonyl (C=O) groups excluding carboxylic acids is 2. The van der Waals surface area contributed by atoms with E-state index >= 15 is 0 Å². The molecule has 192 valence electrons. The Hall–Kier alpha value is -2.17. The van der Waals surface area contributed by atoms with Gasteiger partial charge in [0, 0.05) is 23.0 Å². The Kier molecular flexibility index (Phi) is 7.88. The third-order valence-corrected chi connectivity index (χ3v) is 13.1. The van der Waals surface area contributed by atoms with Crippen molar-refractivity contribution in [1.29, 1.82) is 0 Å². The number of non-ortho nitro benzene ring substituents is 1. The molecule has 1 aromatic rings. The number of carbonyl (C=O) groups is 2. The van der Waals surface area contributed by atoms with E-state index in [2.05, 4.69) is 40.8 Å². The van der Waals surface area contributed by atoms with Crippen LogP contribution in [-0.2, 0) is 25.4 Å². The van der Waals surface area contributed by atoms with E-state index in [4.69, 9.17) is 9.16 Å². The Balaban J connectivity index is 1.76. The lowest BCUT2D eigenvalue weighted by Gasteiger charge is -2.50. The summed E-state index contributed by atoms with van der Waals surface area (Å²) in [6, 6.07) is 5.75. The number of nitro benzene ring substituents is 1. The predicted molar refractivity (Wildman–Crippen MR) is 139 cm³/mol. The number of thioether (sulfide) groups is 1. The van der Waals surface area contributed by atoms with Crippen LogP contribution >= 0.6 is 11.8 Å². The van der Waals surface area contributed by atoms with Gasteiger partial charge in [-0.3, -0.25) is 14.9 Å². The molecule has 2 aliphatic heterocycles. The summed E-state index contributed by atoms with van der Waals surface area (Å²) in [5.74, 6) is -0.157. The van der Waals surface area contributed by atoms with E-state index in [1.165, 1.54) is 12.1 Å². The molecule has 8 nitrogen and oxygen atoms in total. The molecular formula is C25H36N2O6SSi. The van der Waals surface area contributed by atoms with Crippen molar-refractivity contribution in [2.24, 2.45) is 11.8 Å². The second-order valence-electron chi connectivity index (χ2n) is 10.7. The second-order valence-corrected chi connectivity index (χ2v) is 16.8. The van der Waals surface area contributed by atoms with Crippen molar-refractivity contribution in [3.63, 3.8) is 0 Å². The average Bonchev–Trinajstić information content (AvgIpc) is 3.00. The molecule has 2 aliphatic rings. The molecule has 3 rings (SSSR count). The van der Waals surface area contributed by atoms with Gasteiger partial charge in [-0.1, -0.05) is 34.6 Å². The number of β-lactam (4-membered cyclic amide) rings is 1. The molecule has 0 N–H and O–H groups in total. The van der Waals surface area contributed by atoms with Crippen molar-refractivity contribution in [2.45, 2.75) is 78.4 Å². The molecule has 0 aromatic heterocycles. The number of ether oxygens (including phenoxy) is 1. The highest BCUT2D eigenvalue weighted by Gasteiger charge is 2.61. The van der Waals surface area contributed by atoms with Crippen molar-refractivity contribution in [3.05, 3.63) is 50.5 Å². The van der Waals surface area contributed by atoms with Gasteiger partial charge in [0.25, 0.3) is 5.69 Å². The number of benzene rings is 1. The number of nitrogens with zero attached hydrogens (tertiary/aromatic N) is 2. The van der Waals surface area contributed by atoms with Gasteiger partial charge in [-0.25, -0.2) is 4.79 Å². The minimum absolute atomic E-state index is 0.00930. The van der Waals surface area contributed by atoms with Crippen LogP contribution in [0.2, 0.25) is 18.1 Å². The number of rotatable bonds is 9. The molecular weight excluding hydrogens is 484 g/mol. The van der Waals surface area contributed by atoms with Gasteiger partial charge in [0.15, 0.2) is 8.32 Å². The summed E-state index contributed by atoms with van der Waals surface area (Å²) < 4.78 is 12.1. The highest BCUT2D eigenvalue weighted by Crippen LogP contribution is 2.52. The van der Waals surface area contributed by atoms with Gasteiger partial charge in [0.1, 0.15) is 12.3 Å². The molecule has 0 bridgehead atoms. The predicted octanol–water partition coefficient (Wildman–Crippen LogP) is 5.49. The minimum Gasteiger partial charge on any atom is -0.456 e. The van der Waals surface area contributed by atoms with Gasteiger partial charge in [-0.15, -0.1) is 11.8 Å². The zero-order chi connectivity index (χ0) is 26.3. The van der Waals surface area contributed by atoms with E-state index < -0.39 is 19.2 Å². The van der Waals surface area contributed by atoms with Gasteiger partial charge in [-0.2, -0.15) is 0 Å². The van der Waals surface area contributed by atoms with Crippen molar-refractivity contribution in [2.75, 3.05) is 5.75 Å². The summed E-state index contributed by atoms with van der Waals surface area (Å²) in [4.78, 5) is 39.4. The molecule has 0 saturated carbocycles. The lowest BCUT2D eigenvalue weighted by atomic mass is 9.79. The molecule has 1 aromatic carbocycles. The van der Waals surface area contributed by atoms with Crippen LogP contribution in [0.5, 0.6) is 0 Å². The SMILES string of the molecule is CCSC1=C(C(=O)OCc2ccc([N+](=O)[O-])cc2)N2C(=O)[C@H]([C@@H](C)O[Si](C)(C)C(C)(C)C)[C@H]2[C@H]1C. The molecule has 1 fully saturated rings. The molecule has 0 spiro atoms. The fraction of sp³-hybridized carbons (Fsp3) is 0.600. The van der Waals surface area contributed by atoms with Crippen molar-refractivity contribution in [1.82, 2.24) is 4.90 Å². The van der Waals surface area contributed by atoms with Crippen molar-refractivity contribution < 1.29 is 23.7 Å². The largest absolute Gasteiger partial charge is 0.456 e. The first-order chi connectivity index (χ1) is 16.2.